The molecule has 0 spiro atoms. The molecule has 2 aromatic carbocycles. The van der Waals surface area contributed by atoms with Crippen LogP contribution in [0.25, 0.3) is 0 Å². The van der Waals surface area contributed by atoms with Crippen molar-refractivity contribution in [1.29, 1.82) is 0 Å². The predicted octanol–water partition coefficient (Wildman–Crippen LogP) is 6.58. The first-order chi connectivity index (χ1) is 17.6. The van der Waals surface area contributed by atoms with Crippen LogP contribution < -0.4 is 4.90 Å². The summed E-state index contributed by atoms with van der Waals surface area (Å²) < 4.78 is 10.5. The van der Waals surface area contributed by atoms with Crippen molar-refractivity contribution in [3.05, 3.63) is 88.7 Å². The molecule has 3 aromatic rings. The zero-order chi connectivity index (χ0) is 24.9. The second-order valence-electron chi connectivity index (χ2n) is 10.1. The molecule has 0 radical (unpaired) electrons. The van der Waals surface area contributed by atoms with Crippen LogP contribution in [0.5, 0.6) is 0 Å². The number of nitrogens with zero attached hydrogens (tertiary/aromatic N) is 2. The van der Waals surface area contributed by atoms with Crippen molar-refractivity contribution in [1.82, 2.24) is 4.98 Å². The number of esters is 1. The van der Waals surface area contributed by atoms with Gasteiger partial charge in [0.25, 0.3) is 0 Å². The van der Waals surface area contributed by atoms with Gasteiger partial charge in [-0.25, -0.2) is 4.79 Å². The van der Waals surface area contributed by atoms with E-state index in [1.54, 1.807) is 18.5 Å². The fraction of sp³-hybridized carbons (Fsp3) is 0.419. The molecule has 0 N–H and O–H groups in total. The fourth-order valence-corrected chi connectivity index (χ4v) is 5.83. The van der Waals surface area contributed by atoms with Crippen LogP contribution in [0.15, 0.2) is 60.9 Å². The third kappa shape index (κ3) is 5.31. The van der Waals surface area contributed by atoms with Crippen LogP contribution in [0.1, 0.15) is 76.6 Å². The lowest BCUT2D eigenvalue weighted by molar-refractivity contribution is 0.0599. The number of anilines is 2. The molecule has 5 nitrogen and oxygen atoms in total. The summed E-state index contributed by atoms with van der Waals surface area (Å²) in [5.41, 5.74) is 8.37. The molecule has 1 saturated heterocycles. The van der Waals surface area contributed by atoms with Crippen LogP contribution in [0.4, 0.5) is 11.4 Å². The van der Waals surface area contributed by atoms with Crippen LogP contribution in [-0.4, -0.2) is 38.3 Å². The van der Waals surface area contributed by atoms with Gasteiger partial charge in [0.15, 0.2) is 0 Å². The number of pyridine rings is 1. The van der Waals surface area contributed by atoms with Gasteiger partial charge in [-0.05, 0) is 109 Å². The molecule has 36 heavy (non-hydrogen) atoms. The number of methoxy groups -OCH3 is 1. The number of fused-ring (bicyclic) bond motifs is 1. The van der Waals surface area contributed by atoms with Crippen LogP contribution in [-0.2, 0) is 22.3 Å². The number of aromatic nitrogens is 1. The van der Waals surface area contributed by atoms with E-state index in [0.29, 0.717) is 17.4 Å². The number of aryl methyl sites for hydroxylation is 2. The molecule has 1 atom stereocenters. The lowest BCUT2D eigenvalue weighted by Gasteiger charge is -2.28. The Morgan fingerprint density at radius 2 is 1.83 bits per heavy atom. The Bertz CT molecular complexity index is 1180. The maximum Gasteiger partial charge on any atom is 0.338 e. The molecule has 0 unspecified atom stereocenters. The first-order valence-corrected chi connectivity index (χ1v) is 13.2. The van der Waals surface area contributed by atoms with Crippen molar-refractivity contribution >= 4 is 17.3 Å². The minimum Gasteiger partial charge on any atom is -0.465 e. The molecule has 1 aliphatic heterocycles. The summed E-state index contributed by atoms with van der Waals surface area (Å²) in [4.78, 5) is 18.7. The first-order valence-electron chi connectivity index (χ1n) is 13.2. The van der Waals surface area contributed by atoms with E-state index in [1.807, 2.05) is 0 Å². The van der Waals surface area contributed by atoms with Gasteiger partial charge in [-0.15, -0.1) is 0 Å². The smallest absolute Gasteiger partial charge is 0.338 e. The Morgan fingerprint density at radius 1 is 1.06 bits per heavy atom. The van der Waals surface area contributed by atoms with Gasteiger partial charge in [-0.2, -0.15) is 0 Å². The van der Waals surface area contributed by atoms with Gasteiger partial charge in [0.2, 0.25) is 0 Å². The molecular formula is C31H36N2O3. The van der Waals surface area contributed by atoms with Crippen LogP contribution in [0.2, 0.25) is 0 Å². The summed E-state index contributed by atoms with van der Waals surface area (Å²) in [6, 6.07) is 17.8. The highest BCUT2D eigenvalue weighted by molar-refractivity contribution is 5.90. The van der Waals surface area contributed by atoms with Gasteiger partial charge in [0.05, 0.1) is 12.7 Å². The summed E-state index contributed by atoms with van der Waals surface area (Å²) in [7, 11) is 3.58. The molecule has 1 fully saturated rings. The Morgan fingerprint density at radius 3 is 2.61 bits per heavy atom. The molecule has 5 heteroatoms. The average Bonchev–Trinajstić information content (AvgIpc) is 2.95. The highest BCUT2D eigenvalue weighted by Gasteiger charge is 2.22. The summed E-state index contributed by atoms with van der Waals surface area (Å²) in [5.74, 6) is 0.830. The normalized spacial score (nSPS) is 17.9. The minimum absolute atomic E-state index is 0.287. The molecular weight excluding hydrogens is 448 g/mol. The topological polar surface area (TPSA) is 51.7 Å². The van der Waals surface area contributed by atoms with Gasteiger partial charge in [0, 0.05) is 44.0 Å². The molecule has 0 bridgehead atoms. The van der Waals surface area contributed by atoms with Crippen molar-refractivity contribution in [3.63, 3.8) is 0 Å². The third-order valence-corrected chi connectivity index (χ3v) is 8.00. The van der Waals surface area contributed by atoms with Crippen LogP contribution in [0, 0.1) is 0 Å². The number of hydrogen-bond donors (Lipinski definition) is 0. The summed E-state index contributed by atoms with van der Waals surface area (Å²) >= 11 is 0. The SMILES string of the molecule is COC(=O)c1ccncc1CC[C@@H]1CCCc2cc(N(C)c3ccc(C4CCOCC4)cc3)ccc21. The van der Waals surface area contributed by atoms with Crippen molar-refractivity contribution in [3.8, 4) is 0 Å². The van der Waals surface area contributed by atoms with Crippen molar-refractivity contribution in [2.75, 3.05) is 32.3 Å². The van der Waals surface area contributed by atoms with Gasteiger partial charge < -0.3 is 14.4 Å². The number of carbonyl (C=O) groups is 1. The highest BCUT2D eigenvalue weighted by atomic mass is 16.5. The van der Waals surface area contributed by atoms with Gasteiger partial charge in [-0.1, -0.05) is 18.2 Å². The number of rotatable bonds is 7. The van der Waals surface area contributed by atoms with E-state index in [1.165, 1.54) is 48.0 Å². The molecule has 1 aliphatic carbocycles. The highest BCUT2D eigenvalue weighted by Crippen LogP contribution is 2.38. The molecule has 1 aromatic heterocycles. The Kier molecular flexibility index (Phi) is 7.66. The predicted molar refractivity (Wildman–Crippen MR) is 143 cm³/mol. The average molecular weight is 485 g/mol. The minimum atomic E-state index is -0.287. The second kappa shape index (κ2) is 11.3. The summed E-state index contributed by atoms with van der Waals surface area (Å²) in [6.45, 7) is 1.74. The largest absolute Gasteiger partial charge is 0.465 e. The lowest BCUT2D eigenvalue weighted by Crippen LogP contribution is -2.15. The monoisotopic (exact) mass is 484 g/mol. The molecule has 2 aliphatic rings. The van der Waals surface area contributed by atoms with Crippen LogP contribution >= 0.6 is 0 Å². The summed E-state index contributed by atoms with van der Waals surface area (Å²) in [6.07, 6.45) is 11.0. The Labute approximate surface area is 214 Å². The van der Waals surface area contributed by atoms with E-state index in [9.17, 15) is 4.79 Å². The van der Waals surface area contributed by atoms with E-state index in [4.69, 9.17) is 9.47 Å². The van der Waals surface area contributed by atoms with Crippen LogP contribution in [0.3, 0.4) is 0 Å². The first kappa shape index (κ1) is 24.5. The number of carbonyl (C=O) groups excluding carboxylic acids is 1. The third-order valence-electron chi connectivity index (χ3n) is 8.00. The van der Waals surface area contributed by atoms with E-state index in [-0.39, 0.29) is 5.97 Å². The fourth-order valence-electron chi connectivity index (χ4n) is 5.83. The molecule has 188 valence electrons. The maximum atomic E-state index is 12.1. The number of hydrogen-bond acceptors (Lipinski definition) is 5. The maximum absolute atomic E-state index is 12.1. The zero-order valence-corrected chi connectivity index (χ0v) is 21.4. The Balaban J connectivity index is 1.28. The lowest BCUT2D eigenvalue weighted by atomic mass is 9.79. The molecule has 5 rings (SSSR count). The van der Waals surface area contributed by atoms with E-state index in [0.717, 1.165) is 50.9 Å². The van der Waals surface area contributed by atoms with E-state index in [2.05, 4.69) is 59.4 Å². The standard InChI is InChI=1S/C31H36N2O3/c1-33(27-10-8-22(9-11-27)23-15-18-36-19-16-23)28-12-13-29-24(4-3-5-25(29)20-28)6-7-26-21-32-17-14-30(26)31(34)35-2/h8-14,17,20-21,23-24H,3-7,15-16,18-19H2,1-2H3/t24-/m0/s1. The number of benzene rings is 2. The summed E-state index contributed by atoms with van der Waals surface area (Å²) in [5, 5.41) is 0. The molecule has 0 amide bonds. The van der Waals surface area contributed by atoms with Gasteiger partial charge in [-0.3, -0.25) is 4.98 Å². The second-order valence-corrected chi connectivity index (χ2v) is 10.1. The van der Waals surface area contributed by atoms with E-state index >= 15 is 0 Å². The van der Waals surface area contributed by atoms with Gasteiger partial charge in [0.1, 0.15) is 0 Å². The Hall–Kier alpha value is -3.18. The number of ether oxygens (including phenoxy) is 2. The van der Waals surface area contributed by atoms with E-state index < -0.39 is 0 Å². The molecule has 2 heterocycles. The van der Waals surface area contributed by atoms with Crippen molar-refractivity contribution < 1.29 is 14.3 Å². The molecule has 0 saturated carbocycles. The zero-order valence-electron chi connectivity index (χ0n) is 21.4. The quantitative estimate of drug-likeness (QED) is 0.355. The van der Waals surface area contributed by atoms with Gasteiger partial charge >= 0.3 is 5.97 Å². The van der Waals surface area contributed by atoms with Crippen molar-refractivity contribution in [2.45, 2.75) is 56.8 Å². The van der Waals surface area contributed by atoms with Crippen molar-refractivity contribution in [2.24, 2.45) is 0 Å².